The second-order valence-electron chi connectivity index (χ2n) is 7.58. The molecule has 1 aromatic carbocycles. The van der Waals surface area contributed by atoms with Crippen LogP contribution < -0.4 is 5.32 Å². The Morgan fingerprint density at radius 3 is 2.46 bits per heavy atom. The summed E-state index contributed by atoms with van der Waals surface area (Å²) >= 11 is 0. The fourth-order valence-electron chi connectivity index (χ4n) is 2.81. The van der Waals surface area contributed by atoms with Crippen molar-refractivity contribution in [2.45, 2.75) is 51.7 Å². The maximum atomic E-state index is 12.7. The van der Waals surface area contributed by atoms with Crippen molar-refractivity contribution in [1.82, 2.24) is 10.2 Å². The highest BCUT2D eigenvalue weighted by Crippen LogP contribution is 2.14. The molecule has 0 saturated carbocycles. The van der Waals surface area contributed by atoms with Crippen LogP contribution in [0.25, 0.3) is 0 Å². The topological polar surface area (TPSA) is 102 Å². The Hall–Kier alpha value is -2.90. The summed E-state index contributed by atoms with van der Waals surface area (Å²) in [7, 11) is 0. The lowest BCUT2D eigenvalue weighted by Crippen LogP contribution is -2.49. The number of nitrogens with zero attached hydrogens (tertiary/aromatic N) is 1. The number of carbonyl (C=O) groups excluding carboxylic acids is 4. The van der Waals surface area contributed by atoms with Crippen LogP contribution >= 0.6 is 0 Å². The Balaban J connectivity index is 1.94. The molecule has 1 aliphatic rings. The minimum atomic E-state index is -0.994. The van der Waals surface area contributed by atoms with Crippen molar-refractivity contribution in [2.75, 3.05) is 13.1 Å². The van der Waals surface area contributed by atoms with Crippen molar-refractivity contribution in [3.63, 3.8) is 0 Å². The Morgan fingerprint density at radius 2 is 1.82 bits per heavy atom. The number of alkyl carbamates (subject to hydrolysis) is 1. The summed E-state index contributed by atoms with van der Waals surface area (Å²) in [5, 5.41) is 2.44. The third kappa shape index (κ3) is 6.68. The van der Waals surface area contributed by atoms with Crippen molar-refractivity contribution in [3.05, 3.63) is 35.9 Å². The van der Waals surface area contributed by atoms with E-state index in [1.165, 1.54) is 17.0 Å². The maximum absolute atomic E-state index is 12.7. The van der Waals surface area contributed by atoms with Crippen molar-refractivity contribution in [2.24, 2.45) is 0 Å². The van der Waals surface area contributed by atoms with Gasteiger partial charge in [-0.3, -0.25) is 9.59 Å². The highest BCUT2D eigenvalue weighted by atomic mass is 16.6. The molecule has 0 radical (unpaired) electrons. The van der Waals surface area contributed by atoms with E-state index in [2.05, 4.69) is 5.32 Å². The van der Waals surface area contributed by atoms with Crippen LogP contribution in [0.3, 0.4) is 0 Å². The first-order valence-corrected chi connectivity index (χ1v) is 9.24. The van der Waals surface area contributed by atoms with E-state index in [0.29, 0.717) is 25.8 Å². The van der Waals surface area contributed by atoms with Gasteiger partial charge in [-0.1, -0.05) is 18.2 Å². The molecule has 1 N–H and O–H groups in total. The van der Waals surface area contributed by atoms with E-state index in [0.717, 1.165) is 0 Å². The molecule has 2 rings (SSSR count). The van der Waals surface area contributed by atoms with Crippen molar-refractivity contribution in [3.8, 4) is 0 Å². The molecule has 0 aromatic heterocycles. The van der Waals surface area contributed by atoms with Gasteiger partial charge in [0.15, 0.2) is 0 Å². The van der Waals surface area contributed by atoms with Crippen LogP contribution in [-0.4, -0.2) is 53.6 Å². The quantitative estimate of drug-likeness (QED) is 0.625. The molecule has 0 bridgehead atoms. The van der Waals surface area contributed by atoms with Crippen LogP contribution in [0.2, 0.25) is 0 Å². The lowest BCUT2D eigenvalue weighted by molar-refractivity contribution is -0.159. The fourth-order valence-corrected chi connectivity index (χ4v) is 2.81. The normalized spacial score (nSPS) is 17.5. The molecule has 1 saturated heterocycles. The van der Waals surface area contributed by atoms with Gasteiger partial charge in [-0.25, -0.2) is 9.59 Å². The number of hydrogen-bond donors (Lipinski definition) is 1. The monoisotopic (exact) mass is 390 g/mol. The summed E-state index contributed by atoms with van der Waals surface area (Å²) in [6, 6.07) is 7.22. The minimum Gasteiger partial charge on any atom is -0.459 e. The molecule has 1 atom stereocenters. The summed E-state index contributed by atoms with van der Waals surface area (Å²) in [5.74, 6) is -1.71. The summed E-state index contributed by atoms with van der Waals surface area (Å²) in [5.41, 5.74) is -0.415. The van der Waals surface area contributed by atoms with E-state index in [9.17, 15) is 19.2 Å². The molecule has 1 heterocycles. The SMILES string of the molecule is CC(C)(C)OC(=O)CN1CCCC[C@H](NC(=O)OC(=O)c2ccccc2)C1=O. The van der Waals surface area contributed by atoms with Gasteiger partial charge in [0.1, 0.15) is 18.2 Å². The minimum absolute atomic E-state index is 0.188. The molecule has 8 nitrogen and oxygen atoms in total. The summed E-state index contributed by atoms with van der Waals surface area (Å²) in [6.07, 6.45) is 0.795. The van der Waals surface area contributed by atoms with Crippen LogP contribution in [0.15, 0.2) is 30.3 Å². The number of hydrogen-bond acceptors (Lipinski definition) is 6. The summed E-state index contributed by atoms with van der Waals surface area (Å²) in [6.45, 7) is 5.46. The van der Waals surface area contributed by atoms with E-state index >= 15 is 0 Å². The van der Waals surface area contributed by atoms with Crippen LogP contribution in [0.1, 0.15) is 50.4 Å². The zero-order valence-electron chi connectivity index (χ0n) is 16.4. The molecule has 28 heavy (non-hydrogen) atoms. The smallest absolute Gasteiger partial charge is 0.415 e. The molecule has 0 spiro atoms. The number of nitrogens with one attached hydrogen (secondary N) is 1. The average molecular weight is 390 g/mol. The molecular formula is C20H26N2O6. The first kappa shape index (κ1) is 21.4. The maximum Gasteiger partial charge on any atom is 0.415 e. The van der Waals surface area contributed by atoms with Gasteiger partial charge in [0, 0.05) is 6.54 Å². The molecule has 1 aliphatic heterocycles. The van der Waals surface area contributed by atoms with E-state index < -0.39 is 35.6 Å². The van der Waals surface area contributed by atoms with E-state index in [1.54, 1.807) is 39.0 Å². The van der Waals surface area contributed by atoms with Gasteiger partial charge in [0.2, 0.25) is 5.91 Å². The molecule has 8 heteroatoms. The lowest BCUT2D eigenvalue weighted by Gasteiger charge is -2.26. The molecule has 152 valence electrons. The Bertz CT molecular complexity index is 726. The zero-order valence-corrected chi connectivity index (χ0v) is 16.4. The average Bonchev–Trinajstić information content (AvgIpc) is 2.77. The molecule has 0 aliphatic carbocycles. The number of benzene rings is 1. The van der Waals surface area contributed by atoms with Crippen molar-refractivity contribution in [1.29, 1.82) is 0 Å². The van der Waals surface area contributed by atoms with Gasteiger partial charge < -0.3 is 19.7 Å². The Kier molecular flexibility index (Phi) is 7.14. The van der Waals surface area contributed by atoms with Gasteiger partial charge in [0.25, 0.3) is 0 Å². The van der Waals surface area contributed by atoms with Gasteiger partial charge in [-0.2, -0.15) is 0 Å². The number of amides is 2. The summed E-state index contributed by atoms with van der Waals surface area (Å²) in [4.78, 5) is 50.1. The van der Waals surface area contributed by atoms with Gasteiger partial charge in [-0.05, 0) is 52.2 Å². The predicted octanol–water partition coefficient (Wildman–Crippen LogP) is 2.28. The highest BCUT2D eigenvalue weighted by Gasteiger charge is 2.31. The zero-order chi connectivity index (χ0) is 20.7. The van der Waals surface area contributed by atoms with Gasteiger partial charge >= 0.3 is 18.0 Å². The van der Waals surface area contributed by atoms with E-state index in [1.807, 2.05) is 0 Å². The Morgan fingerprint density at radius 1 is 1.14 bits per heavy atom. The van der Waals surface area contributed by atoms with Crippen molar-refractivity contribution >= 4 is 23.9 Å². The number of likely N-dealkylation sites (tertiary alicyclic amines) is 1. The number of ether oxygens (including phenoxy) is 2. The van der Waals surface area contributed by atoms with E-state index in [-0.39, 0.29) is 12.1 Å². The van der Waals surface area contributed by atoms with Crippen LogP contribution in [0, 0.1) is 0 Å². The van der Waals surface area contributed by atoms with Crippen LogP contribution in [0.4, 0.5) is 4.79 Å². The summed E-state index contributed by atoms with van der Waals surface area (Å²) < 4.78 is 10.0. The molecule has 0 unspecified atom stereocenters. The van der Waals surface area contributed by atoms with Crippen LogP contribution in [0.5, 0.6) is 0 Å². The molecular weight excluding hydrogens is 364 g/mol. The second-order valence-corrected chi connectivity index (χ2v) is 7.58. The van der Waals surface area contributed by atoms with Gasteiger partial charge in [-0.15, -0.1) is 0 Å². The molecule has 2 amide bonds. The van der Waals surface area contributed by atoms with Crippen molar-refractivity contribution < 1.29 is 28.7 Å². The standard InChI is InChI=1S/C20H26N2O6/c1-20(2,3)28-16(23)13-22-12-8-7-11-15(17(22)24)21-19(26)27-18(25)14-9-5-4-6-10-14/h4-6,9-10,15H,7-8,11-13H2,1-3H3,(H,21,26)/t15-/m0/s1. The Labute approximate surface area is 164 Å². The largest absolute Gasteiger partial charge is 0.459 e. The first-order chi connectivity index (χ1) is 13.2. The third-order valence-electron chi connectivity index (χ3n) is 4.01. The van der Waals surface area contributed by atoms with Gasteiger partial charge in [0.05, 0.1) is 5.56 Å². The third-order valence-corrected chi connectivity index (χ3v) is 4.01. The fraction of sp³-hybridized carbons (Fsp3) is 0.500. The van der Waals surface area contributed by atoms with E-state index in [4.69, 9.17) is 9.47 Å². The number of rotatable bonds is 4. The van der Waals surface area contributed by atoms with Crippen LogP contribution in [-0.2, 0) is 19.1 Å². The second kappa shape index (κ2) is 9.34. The lowest BCUT2D eigenvalue weighted by atomic mass is 10.1. The molecule has 1 fully saturated rings. The molecule has 1 aromatic rings. The first-order valence-electron chi connectivity index (χ1n) is 9.24. The highest BCUT2D eigenvalue weighted by molar-refractivity contribution is 5.97. The predicted molar refractivity (Wildman–Crippen MR) is 100 cm³/mol. The number of esters is 2. The number of carbonyl (C=O) groups is 4.